The number of rotatable bonds is 6. The summed E-state index contributed by atoms with van der Waals surface area (Å²) in [5.41, 5.74) is 0.204. The maximum absolute atomic E-state index is 13.2. The van der Waals surface area contributed by atoms with Gasteiger partial charge in [-0.15, -0.1) is 0 Å². The first-order chi connectivity index (χ1) is 12.8. The van der Waals surface area contributed by atoms with Crippen molar-refractivity contribution in [1.82, 2.24) is 9.71 Å². The van der Waals surface area contributed by atoms with Crippen molar-refractivity contribution in [1.29, 1.82) is 0 Å². The van der Waals surface area contributed by atoms with Gasteiger partial charge in [-0.3, -0.25) is 9.69 Å². The molecule has 144 valence electrons. The highest BCUT2D eigenvalue weighted by Crippen LogP contribution is 2.38. The third kappa shape index (κ3) is 3.96. The zero-order valence-electron chi connectivity index (χ0n) is 15.6. The lowest BCUT2D eigenvalue weighted by molar-refractivity contribution is 0.0986. The van der Waals surface area contributed by atoms with E-state index in [4.69, 9.17) is 4.74 Å². The van der Waals surface area contributed by atoms with E-state index in [1.54, 1.807) is 37.1 Å². The van der Waals surface area contributed by atoms with Gasteiger partial charge in [-0.05, 0) is 50.6 Å². The van der Waals surface area contributed by atoms with Crippen molar-refractivity contribution in [2.24, 2.45) is 0 Å². The van der Waals surface area contributed by atoms with Crippen LogP contribution in [0.3, 0.4) is 0 Å². The molecule has 2 heterocycles. The molecule has 1 amide bonds. The Balaban J connectivity index is 2.09. The largest absolute Gasteiger partial charge is 0.453 e. The van der Waals surface area contributed by atoms with Gasteiger partial charge in [0.05, 0.1) is 10.5 Å². The van der Waals surface area contributed by atoms with Gasteiger partial charge in [0.2, 0.25) is 10.0 Å². The van der Waals surface area contributed by atoms with Gasteiger partial charge >= 0.3 is 0 Å². The number of sulfonamides is 1. The lowest BCUT2D eigenvalue weighted by atomic mass is 10.1. The molecule has 0 fully saturated rings. The van der Waals surface area contributed by atoms with Crippen molar-refractivity contribution in [2.45, 2.75) is 44.6 Å². The molecule has 0 radical (unpaired) electrons. The van der Waals surface area contributed by atoms with Gasteiger partial charge < -0.3 is 4.74 Å². The molecule has 1 aromatic heterocycles. The third-order valence-electron chi connectivity index (χ3n) is 4.09. The maximum Gasteiger partial charge on any atom is 0.263 e. The van der Waals surface area contributed by atoms with Crippen molar-refractivity contribution in [3.63, 3.8) is 0 Å². The molecule has 0 saturated carbocycles. The first-order valence-corrected chi connectivity index (χ1v) is 10.4. The van der Waals surface area contributed by atoms with E-state index in [0.29, 0.717) is 23.9 Å². The molecule has 0 spiro atoms. The first-order valence-electron chi connectivity index (χ1n) is 8.94. The quantitative estimate of drug-likeness (QED) is 0.819. The van der Waals surface area contributed by atoms with E-state index in [1.807, 2.05) is 6.92 Å². The van der Waals surface area contributed by atoms with Gasteiger partial charge in [-0.1, -0.05) is 13.3 Å². The van der Waals surface area contributed by atoms with Gasteiger partial charge in [0, 0.05) is 18.8 Å². The van der Waals surface area contributed by atoms with Gasteiger partial charge in [-0.25, -0.2) is 18.1 Å². The normalized spacial score (nSPS) is 13.8. The summed E-state index contributed by atoms with van der Waals surface area (Å²) in [6.07, 6.45) is 3.31. The molecule has 0 atom stereocenters. The molecule has 1 aliphatic heterocycles. The number of aromatic nitrogens is 1. The molecule has 1 N–H and O–H groups in total. The smallest absolute Gasteiger partial charge is 0.263 e. The maximum atomic E-state index is 13.2. The Morgan fingerprint density at radius 1 is 1.22 bits per heavy atom. The van der Waals surface area contributed by atoms with Crippen LogP contribution in [0.5, 0.6) is 11.5 Å². The number of anilines is 1. The fraction of sp³-hybridized carbons (Fsp3) is 0.368. The van der Waals surface area contributed by atoms with Crippen LogP contribution in [0, 0.1) is 0 Å². The van der Waals surface area contributed by atoms with Crippen LogP contribution in [0.1, 0.15) is 44.0 Å². The monoisotopic (exact) mass is 389 g/mol. The van der Waals surface area contributed by atoms with E-state index in [1.165, 1.54) is 18.2 Å². The lowest BCUT2D eigenvalue weighted by Gasteiger charge is -2.20. The zero-order valence-corrected chi connectivity index (χ0v) is 16.4. The second-order valence-corrected chi connectivity index (χ2v) is 8.39. The van der Waals surface area contributed by atoms with Crippen LogP contribution in [-0.2, 0) is 10.0 Å². The molecule has 27 heavy (non-hydrogen) atoms. The highest BCUT2D eigenvalue weighted by Gasteiger charge is 2.30. The predicted molar refractivity (Wildman–Crippen MR) is 103 cm³/mol. The molecule has 1 aliphatic rings. The van der Waals surface area contributed by atoms with Crippen molar-refractivity contribution < 1.29 is 17.9 Å². The van der Waals surface area contributed by atoms with E-state index in [-0.39, 0.29) is 22.4 Å². The molecule has 1 aromatic carbocycles. The van der Waals surface area contributed by atoms with Crippen LogP contribution in [0.15, 0.2) is 41.4 Å². The number of carbonyl (C=O) groups is 1. The Morgan fingerprint density at radius 2 is 2.00 bits per heavy atom. The molecule has 7 nitrogen and oxygen atoms in total. The number of hydrogen-bond donors (Lipinski definition) is 1. The molecule has 8 heteroatoms. The number of nitrogens with zero attached hydrogens (tertiary/aromatic N) is 2. The van der Waals surface area contributed by atoms with E-state index >= 15 is 0 Å². The topological polar surface area (TPSA) is 88.6 Å². The first kappa shape index (κ1) is 19.3. The van der Waals surface area contributed by atoms with Crippen molar-refractivity contribution in [2.75, 3.05) is 11.4 Å². The van der Waals surface area contributed by atoms with Crippen LogP contribution < -0.4 is 14.4 Å². The lowest BCUT2D eigenvalue weighted by Crippen LogP contribution is -2.33. The van der Waals surface area contributed by atoms with E-state index in [2.05, 4.69) is 9.71 Å². The number of unbranched alkanes of at least 4 members (excludes halogenated alkanes) is 1. The summed E-state index contributed by atoms with van der Waals surface area (Å²) in [6.45, 7) is 5.99. The summed E-state index contributed by atoms with van der Waals surface area (Å²) < 4.78 is 33.4. The number of carbonyl (C=O) groups excluding carboxylic acids is 1. The number of nitrogens with one attached hydrogen (secondary N) is 1. The van der Waals surface area contributed by atoms with Gasteiger partial charge in [0.15, 0.2) is 11.6 Å². The molecule has 3 rings (SSSR count). The highest BCUT2D eigenvalue weighted by molar-refractivity contribution is 7.89. The van der Waals surface area contributed by atoms with E-state index in [0.717, 1.165) is 12.8 Å². The molecule has 0 unspecified atom stereocenters. The zero-order chi connectivity index (χ0) is 19.6. The molecular formula is C19H23N3O4S. The van der Waals surface area contributed by atoms with Crippen LogP contribution in [0.2, 0.25) is 0 Å². The van der Waals surface area contributed by atoms with E-state index in [9.17, 15) is 13.2 Å². The fourth-order valence-electron chi connectivity index (χ4n) is 2.86. The Hall–Kier alpha value is -2.45. The van der Waals surface area contributed by atoms with Crippen LogP contribution in [0.4, 0.5) is 5.82 Å². The second kappa shape index (κ2) is 7.66. The van der Waals surface area contributed by atoms with Crippen LogP contribution >= 0.6 is 0 Å². The number of fused-ring (bicyclic) bond motifs is 2. The summed E-state index contributed by atoms with van der Waals surface area (Å²) in [4.78, 5) is 19.1. The van der Waals surface area contributed by atoms with Crippen LogP contribution in [0.25, 0.3) is 0 Å². The van der Waals surface area contributed by atoms with Gasteiger partial charge in [-0.2, -0.15) is 0 Å². The number of benzene rings is 1. The third-order valence-corrected chi connectivity index (χ3v) is 5.75. The number of amides is 1. The number of hydrogen-bond acceptors (Lipinski definition) is 5. The Kier molecular flexibility index (Phi) is 5.48. The molecular weight excluding hydrogens is 366 g/mol. The highest BCUT2D eigenvalue weighted by atomic mass is 32.2. The average molecular weight is 389 g/mol. The van der Waals surface area contributed by atoms with Crippen molar-refractivity contribution in [3.8, 4) is 11.5 Å². The van der Waals surface area contributed by atoms with Gasteiger partial charge in [0.1, 0.15) is 5.75 Å². The minimum absolute atomic E-state index is 0.0289. The standard InChI is InChI=1S/C19H23N3O4S/c1-4-5-11-22-18-17(7-6-10-20-18)26-16-9-8-14(12-15(16)19(22)23)27(24,25)21-13(2)3/h6-10,12-13,21H,4-5,11H2,1-3H3. The molecule has 2 aromatic rings. The molecule has 0 bridgehead atoms. The summed E-state index contributed by atoms with van der Waals surface area (Å²) in [7, 11) is -3.72. The Labute approximate surface area is 159 Å². The minimum atomic E-state index is -3.72. The minimum Gasteiger partial charge on any atom is -0.453 e. The number of pyridine rings is 1. The summed E-state index contributed by atoms with van der Waals surface area (Å²) in [6, 6.07) is 7.55. The van der Waals surface area contributed by atoms with Crippen molar-refractivity contribution in [3.05, 3.63) is 42.1 Å². The second-order valence-electron chi connectivity index (χ2n) is 6.67. The average Bonchev–Trinajstić information content (AvgIpc) is 2.73. The summed E-state index contributed by atoms with van der Waals surface area (Å²) >= 11 is 0. The molecule has 0 saturated heterocycles. The van der Waals surface area contributed by atoms with Crippen molar-refractivity contribution >= 4 is 21.7 Å². The SMILES string of the molecule is CCCCN1C(=O)c2cc(S(=O)(=O)NC(C)C)ccc2Oc2cccnc21. The van der Waals surface area contributed by atoms with E-state index < -0.39 is 10.0 Å². The Morgan fingerprint density at radius 3 is 2.70 bits per heavy atom. The predicted octanol–water partition coefficient (Wildman–Crippen LogP) is 3.32. The number of ether oxygens (including phenoxy) is 1. The summed E-state index contributed by atoms with van der Waals surface area (Å²) in [5.74, 6) is 0.905. The fourth-order valence-corrected chi connectivity index (χ4v) is 4.14. The summed E-state index contributed by atoms with van der Waals surface area (Å²) in [5, 5.41) is 0. The molecule has 0 aliphatic carbocycles. The Bertz CT molecular complexity index is 957. The van der Waals surface area contributed by atoms with Gasteiger partial charge in [0.25, 0.3) is 5.91 Å². The van der Waals surface area contributed by atoms with Crippen LogP contribution in [-0.4, -0.2) is 31.9 Å².